The van der Waals surface area contributed by atoms with Crippen molar-refractivity contribution >= 4 is 38.6 Å². The molecule has 7 nitrogen and oxygen atoms in total. The molecule has 0 atom stereocenters. The maximum Gasteiger partial charge on any atom is 0.243 e. The van der Waals surface area contributed by atoms with E-state index in [2.05, 4.69) is 4.98 Å². The highest BCUT2D eigenvalue weighted by Crippen LogP contribution is 2.28. The van der Waals surface area contributed by atoms with Gasteiger partial charge in [0.2, 0.25) is 10.0 Å². The number of fused-ring (bicyclic) bond motifs is 1. The molecule has 1 aliphatic rings. The summed E-state index contributed by atoms with van der Waals surface area (Å²) in [4.78, 5) is 17.7. The average Bonchev–Trinajstić information content (AvgIpc) is 3.14. The lowest BCUT2D eigenvalue weighted by Crippen LogP contribution is -2.40. The van der Waals surface area contributed by atoms with Gasteiger partial charge in [0, 0.05) is 25.2 Å². The van der Waals surface area contributed by atoms with Gasteiger partial charge in [-0.05, 0) is 44.5 Å². The molecule has 4 rings (SSSR count). The van der Waals surface area contributed by atoms with Gasteiger partial charge in [0.05, 0.1) is 34.9 Å². The van der Waals surface area contributed by atoms with Crippen LogP contribution in [0.1, 0.15) is 28.4 Å². The van der Waals surface area contributed by atoms with Crippen molar-refractivity contribution in [1.82, 2.24) is 13.9 Å². The number of aromatic nitrogens is 2. The summed E-state index contributed by atoms with van der Waals surface area (Å²) < 4.78 is 34.8. The first-order chi connectivity index (χ1) is 15.3. The van der Waals surface area contributed by atoms with Crippen LogP contribution in [-0.4, -0.2) is 60.1 Å². The van der Waals surface area contributed by atoms with E-state index in [0.29, 0.717) is 43.5 Å². The van der Waals surface area contributed by atoms with Gasteiger partial charge >= 0.3 is 0 Å². The van der Waals surface area contributed by atoms with Crippen molar-refractivity contribution in [2.45, 2.75) is 37.4 Å². The fourth-order valence-electron chi connectivity index (χ4n) is 3.93. The number of aryl methyl sites for hydroxylation is 3. The Labute approximate surface area is 192 Å². The van der Waals surface area contributed by atoms with Crippen molar-refractivity contribution in [1.29, 1.82) is 0 Å². The first-order valence-corrected chi connectivity index (χ1v) is 13.0. The zero-order chi connectivity index (χ0) is 22.9. The molecule has 2 heterocycles. The monoisotopic (exact) mass is 473 g/mol. The number of ether oxygens (including phenoxy) is 1. The van der Waals surface area contributed by atoms with Gasteiger partial charge < -0.3 is 9.30 Å². The highest BCUT2D eigenvalue weighted by molar-refractivity contribution is 7.99. The number of nitrogens with zero attached hydrogens (tertiary/aromatic N) is 3. The number of Topliss-reactive ketones (excluding diaryl/α,β-unsaturated/α-hetero) is 1. The second-order valence-electron chi connectivity index (χ2n) is 7.84. The Hall–Kier alpha value is -2.20. The van der Waals surface area contributed by atoms with Crippen LogP contribution in [0, 0.1) is 13.8 Å². The lowest BCUT2D eigenvalue weighted by Gasteiger charge is -2.26. The van der Waals surface area contributed by atoms with Crippen LogP contribution < -0.4 is 0 Å². The maximum atomic E-state index is 13.0. The number of hydrogen-bond donors (Lipinski definition) is 0. The molecule has 1 aliphatic heterocycles. The SMILES string of the molecule is CCn1c(SCC(=O)c2ccc(C)cc2C)nc2cc(S(=O)(=O)N3CCOCC3)ccc21. The quantitative estimate of drug-likeness (QED) is 0.385. The molecular weight excluding hydrogens is 446 g/mol. The van der Waals surface area contributed by atoms with Crippen LogP contribution in [-0.2, 0) is 21.3 Å². The van der Waals surface area contributed by atoms with E-state index in [9.17, 15) is 13.2 Å². The van der Waals surface area contributed by atoms with Gasteiger partial charge in [-0.3, -0.25) is 4.79 Å². The van der Waals surface area contributed by atoms with E-state index in [1.165, 1.54) is 16.1 Å². The summed E-state index contributed by atoms with van der Waals surface area (Å²) in [5, 5.41) is 0.710. The minimum Gasteiger partial charge on any atom is -0.379 e. The lowest BCUT2D eigenvalue weighted by molar-refractivity contribution is 0.0730. The Balaban J connectivity index is 1.59. The summed E-state index contributed by atoms with van der Waals surface area (Å²) in [5.74, 6) is 0.324. The maximum absolute atomic E-state index is 13.0. The Kier molecular flexibility index (Phi) is 6.71. The minimum atomic E-state index is -3.59. The number of ketones is 1. The van der Waals surface area contributed by atoms with Gasteiger partial charge in [0.25, 0.3) is 0 Å². The number of carbonyl (C=O) groups excluding carboxylic acids is 1. The van der Waals surface area contributed by atoms with Crippen molar-refractivity contribution in [3.8, 4) is 0 Å². The predicted octanol–water partition coefficient (Wildman–Crippen LogP) is 3.67. The fraction of sp³-hybridized carbons (Fsp3) is 0.391. The standard InChI is InChI=1S/C23H27N3O4S2/c1-4-26-21-8-6-18(32(28,29)25-9-11-30-12-10-25)14-20(21)24-23(26)31-15-22(27)19-7-5-16(2)13-17(19)3/h5-8,13-14H,4,9-12,15H2,1-3H3. The molecule has 1 fully saturated rings. The minimum absolute atomic E-state index is 0.0535. The normalized spacial score (nSPS) is 15.3. The Morgan fingerprint density at radius 1 is 1.12 bits per heavy atom. The van der Waals surface area contributed by atoms with Crippen LogP contribution in [0.2, 0.25) is 0 Å². The van der Waals surface area contributed by atoms with Crippen LogP contribution in [0.25, 0.3) is 11.0 Å². The molecule has 0 bridgehead atoms. The van der Waals surface area contributed by atoms with Gasteiger partial charge in [0.1, 0.15) is 0 Å². The van der Waals surface area contributed by atoms with E-state index in [4.69, 9.17) is 4.74 Å². The molecule has 1 aromatic heterocycles. The number of imidazole rings is 1. The molecule has 0 aliphatic carbocycles. The van der Waals surface area contributed by atoms with Gasteiger partial charge in [-0.1, -0.05) is 35.5 Å². The highest BCUT2D eigenvalue weighted by Gasteiger charge is 2.27. The summed E-state index contributed by atoms with van der Waals surface area (Å²) in [6.45, 7) is 8.15. The van der Waals surface area contributed by atoms with Gasteiger partial charge in [-0.2, -0.15) is 4.31 Å². The summed E-state index contributed by atoms with van der Waals surface area (Å²) >= 11 is 1.38. The summed E-state index contributed by atoms with van der Waals surface area (Å²) in [7, 11) is -3.59. The zero-order valence-corrected chi connectivity index (χ0v) is 20.1. The summed E-state index contributed by atoms with van der Waals surface area (Å²) in [6, 6.07) is 10.9. The molecule has 3 aromatic rings. The number of morpholine rings is 1. The molecular formula is C23H27N3O4S2. The molecule has 9 heteroatoms. The smallest absolute Gasteiger partial charge is 0.243 e. The molecule has 0 N–H and O–H groups in total. The molecule has 0 saturated carbocycles. The fourth-order valence-corrected chi connectivity index (χ4v) is 6.32. The molecule has 2 aromatic carbocycles. The third-order valence-corrected chi connectivity index (χ3v) is 8.49. The lowest BCUT2D eigenvalue weighted by atomic mass is 10.0. The zero-order valence-electron chi connectivity index (χ0n) is 18.5. The first kappa shape index (κ1) is 23.0. The average molecular weight is 474 g/mol. The Bertz CT molecular complexity index is 1260. The third-order valence-electron chi connectivity index (χ3n) is 5.62. The number of sulfonamides is 1. The van der Waals surface area contributed by atoms with Crippen molar-refractivity contribution < 1.29 is 17.9 Å². The van der Waals surface area contributed by atoms with E-state index in [1.807, 2.05) is 43.5 Å². The van der Waals surface area contributed by atoms with Gasteiger partial charge in [0.15, 0.2) is 10.9 Å². The molecule has 32 heavy (non-hydrogen) atoms. The highest BCUT2D eigenvalue weighted by atomic mass is 32.2. The number of carbonyl (C=O) groups is 1. The second-order valence-corrected chi connectivity index (χ2v) is 10.7. The second kappa shape index (κ2) is 9.35. The Morgan fingerprint density at radius 2 is 1.88 bits per heavy atom. The van der Waals surface area contributed by atoms with Crippen molar-refractivity contribution in [2.75, 3.05) is 32.1 Å². The number of benzene rings is 2. The van der Waals surface area contributed by atoms with Crippen LogP contribution in [0.3, 0.4) is 0 Å². The van der Waals surface area contributed by atoms with Crippen LogP contribution >= 0.6 is 11.8 Å². The van der Waals surface area contributed by atoms with E-state index < -0.39 is 10.0 Å². The number of thioether (sulfide) groups is 1. The van der Waals surface area contributed by atoms with E-state index in [0.717, 1.165) is 22.2 Å². The van der Waals surface area contributed by atoms with Crippen LogP contribution in [0.5, 0.6) is 0 Å². The van der Waals surface area contributed by atoms with Crippen LogP contribution in [0.4, 0.5) is 0 Å². The topological polar surface area (TPSA) is 81.5 Å². The van der Waals surface area contributed by atoms with Crippen molar-refractivity contribution in [3.05, 3.63) is 53.1 Å². The number of rotatable bonds is 7. The molecule has 0 radical (unpaired) electrons. The summed E-state index contributed by atoms with van der Waals surface area (Å²) in [6.07, 6.45) is 0. The first-order valence-electron chi connectivity index (χ1n) is 10.6. The predicted molar refractivity (Wildman–Crippen MR) is 126 cm³/mol. The van der Waals surface area contributed by atoms with E-state index >= 15 is 0 Å². The third kappa shape index (κ3) is 4.47. The van der Waals surface area contributed by atoms with Crippen molar-refractivity contribution in [3.63, 3.8) is 0 Å². The molecule has 0 amide bonds. The number of hydrogen-bond acceptors (Lipinski definition) is 6. The van der Waals surface area contributed by atoms with Crippen molar-refractivity contribution in [2.24, 2.45) is 0 Å². The molecule has 0 spiro atoms. The summed E-state index contributed by atoms with van der Waals surface area (Å²) in [5.41, 5.74) is 4.29. The van der Waals surface area contributed by atoms with Gasteiger partial charge in [-0.15, -0.1) is 0 Å². The molecule has 1 saturated heterocycles. The molecule has 0 unspecified atom stereocenters. The Morgan fingerprint density at radius 3 is 2.56 bits per heavy atom. The largest absolute Gasteiger partial charge is 0.379 e. The van der Waals surface area contributed by atoms with Gasteiger partial charge in [-0.25, -0.2) is 13.4 Å². The van der Waals surface area contributed by atoms with E-state index in [-0.39, 0.29) is 16.4 Å². The van der Waals surface area contributed by atoms with Crippen LogP contribution in [0.15, 0.2) is 46.5 Å². The van der Waals surface area contributed by atoms with E-state index in [1.54, 1.807) is 18.2 Å². The molecule has 170 valence electrons.